The number of carbonyl (C=O) groups excluding carboxylic acids is 2. The average molecular weight is 351 g/mol. The first kappa shape index (κ1) is 17.9. The van der Waals surface area contributed by atoms with Crippen LogP contribution in [0.2, 0.25) is 0 Å². The van der Waals surface area contributed by atoms with Crippen molar-refractivity contribution in [1.82, 2.24) is 4.90 Å². The Kier molecular flexibility index (Phi) is 6.98. The van der Waals surface area contributed by atoms with Crippen LogP contribution in [0.5, 0.6) is 0 Å². The van der Waals surface area contributed by atoms with Gasteiger partial charge in [0, 0.05) is 30.1 Å². The molecule has 0 atom stereocenters. The molecule has 1 N–H and O–H groups in total. The van der Waals surface area contributed by atoms with E-state index in [1.54, 1.807) is 40.9 Å². The Morgan fingerprint density at radius 2 is 2.13 bits per heavy atom. The second-order valence-electron chi connectivity index (χ2n) is 4.89. The molecule has 1 aromatic carbocycles. The molecular formula is C16H21N3O2S2. The molecule has 5 nitrogen and oxygen atoms in total. The molecule has 2 amide bonds. The molecule has 0 aliphatic carbocycles. The first-order valence-electron chi connectivity index (χ1n) is 7.63. The Balaban J connectivity index is 1.93. The third kappa shape index (κ3) is 5.28. The molecule has 23 heavy (non-hydrogen) atoms. The summed E-state index contributed by atoms with van der Waals surface area (Å²) in [4.78, 5) is 30.4. The van der Waals surface area contributed by atoms with Gasteiger partial charge in [-0.1, -0.05) is 29.6 Å². The molecule has 0 saturated heterocycles. The summed E-state index contributed by atoms with van der Waals surface area (Å²) >= 11 is 3.15. The molecular weight excluding hydrogens is 330 g/mol. The normalized spacial score (nSPS) is 13.6. The molecule has 1 aliphatic rings. The summed E-state index contributed by atoms with van der Waals surface area (Å²) in [6, 6.07) is 7.08. The summed E-state index contributed by atoms with van der Waals surface area (Å²) in [5.41, 5.74) is 1.24. The lowest BCUT2D eigenvalue weighted by Crippen LogP contribution is -2.30. The van der Waals surface area contributed by atoms with Gasteiger partial charge in [-0.3, -0.25) is 14.6 Å². The maximum atomic E-state index is 12.3. The first-order valence-corrected chi connectivity index (χ1v) is 9.60. The van der Waals surface area contributed by atoms with Gasteiger partial charge in [-0.2, -0.15) is 0 Å². The summed E-state index contributed by atoms with van der Waals surface area (Å²) < 4.78 is 0.977. The van der Waals surface area contributed by atoms with E-state index in [1.807, 2.05) is 13.8 Å². The number of carbonyl (C=O) groups is 2. The first-order chi connectivity index (χ1) is 11.1. The number of rotatable bonds is 6. The molecule has 7 heteroatoms. The van der Waals surface area contributed by atoms with Crippen molar-refractivity contribution in [3.8, 4) is 0 Å². The highest BCUT2D eigenvalue weighted by molar-refractivity contribution is 8.39. The highest BCUT2D eigenvalue weighted by Crippen LogP contribution is 2.22. The van der Waals surface area contributed by atoms with E-state index in [1.165, 1.54) is 11.8 Å². The molecule has 124 valence electrons. The van der Waals surface area contributed by atoms with Gasteiger partial charge in [-0.15, -0.1) is 0 Å². The number of thioether (sulfide) groups is 2. The van der Waals surface area contributed by atoms with E-state index in [2.05, 4.69) is 10.3 Å². The van der Waals surface area contributed by atoms with Crippen molar-refractivity contribution in [2.75, 3.05) is 36.5 Å². The van der Waals surface area contributed by atoms with E-state index in [9.17, 15) is 9.59 Å². The molecule has 0 aromatic heterocycles. The summed E-state index contributed by atoms with van der Waals surface area (Å²) in [5, 5.41) is 2.84. The van der Waals surface area contributed by atoms with Crippen LogP contribution in [0.3, 0.4) is 0 Å². The Bertz CT molecular complexity index is 601. The maximum Gasteiger partial charge on any atom is 0.253 e. The lowest BCUT2D eigenvalue weighted by Gasteiger charge is -2.19. The minimum atomic E-state index is -0.0855. The third-order valence-corrected chi connectivity index (χ3v) is 5.58. The average Bonchev–Trinajstić information content (AvgIpc) is 3.08. The largest absolute Gasteiger partial charge is 0.339 e. The van der Waals surface area contributed by atoms with Crippen LogP contribution in [0, 0.1) is 0 Å². The predicted molar refractivity (Wildman–Crippen MR) is 99.5 cm³/mol. The van der Waals surface area contributed by atoms with Gasteiger partial charge >= 0.3 is 0 Å². The van der Waals surface area contributed by atoms with E-state index in [-0.39, 0.29) is 11.8 Å². The number of benzene rings is 1. The van der Waals surface area contributed by atoms with Gasteiger partial charge < -0.3 is 10.2 Å². The lowest BCUT2D eigenvalue weighted by molar-refractivity contribution is -0.113. The van der Waals surface area contributed by atoms with Gasteiger partial charge in [0.15, 0.2) is 0 Å². The topological polar surface area (TPSA) is 61.8 Å². The van der Waals surface area contributed by atoms with Crippen LogP contribution < -0.4 is 5.32 Å². The van der Waals surface area contributed by atoms with E-state index in [0.29, 0.717) is 30.1 Å². The second kappa shape index (κ2) is 8.98. The Labute approximate surface area is 145 Å². The van der Waals surface area contributed by atoms with Crippen LogP contribution in [-0.2, 0) is 4.79 Å². The number of hydrogen-bond donors (Lipinski definition) is 1. The SMILES string of the molecule is CCN(CC)C(=O)c1cccc(NC(=O)CSC2=NCCS2)c1. The van der Waals surface area contributed by atoms with Gasteiger partial charge in [0.1, 0.15) is 4.38 Å². The monoisotopic (exact) mass is 351 g/mol. The number of hydrogen-bond acceptors (Lipinski definition) is 5. The highest BCUT2D eigenvalue weighted by atomic mass is 32.2. The Hall–Kier alpha value is -1.47. The molecule has 0 radical (unpaired) electrons. The molecule has 1 aromatic rings. The second-order valence-corrected chi connectivity index (χ2v) is 7.20. The van der Waals surface area contributed by atoms with Crippen molar-refractivity contribution in [1.29, 1.82) is 0 Å². The van der Waals surface area contributed by atoms with Gasteiger partial charge in [-0.25, -0.2) is 0 Å². The Morgan fingerprint density at radius 3 is 2.78 bits per heavy atom. The summed E-state index contributed by atoms with van der Waals surface area (Å²) in [6.45, 7) is 6.08. The van der Waals surface area contributed by atoms with Crippen LogP contribution in [0.4, 0.5) is 5.69 Å². The van der Waals surface area contributed by atoms with Crippen LogP contribution in [0.25, 0.3) is 0 Å². The zero-order valence-electron chi connectivity index (χ0n) is 13.4. The van der Waals surface area contributed by atoms with Crippen LogP contribution in [-0.4, -0.2) is 52.2 Å². The third-order valence-electron chi connectivity index (χ3n) is 3.33. The minimum Gasteiger partial charge on any atom is -0.339 e. The molecule has 0 spiro atoms. The fourth-order valence-electron chi connectivity index (χ4n) is 2.15. The fourth-order valence-corrected chi connectivity index (χ4v) is 3.96. The number of aliphatic imine (C=N–C) groups is 1. The zero-order valence-corrected chi connectivity index (χ0v) is 15.0. The van der Waals surface area contributed by atoms with Crippen molar-refractivity contribution in [2.45, 2.75) is 13.8 Å². The van der Waals surface area contributed by atoms with Crippen LogP contribution in [0.1, 0.15) is 24.2 Å². The predicted octanol–water partition coefficient (Wildman–Crippen LogP) is 2.94. The quantitative estimate of drug-likeness (QED) is 0.856. The number of anilines is 1. The number of nitrogens with zero attached hydrogens (tertiary/aromatic N) is 2. The number of nitrogens with one attached hydrogen (secondary N) is 1. The van der Waals surface area contributed by atoms with Crippen molar-refractivity contribution < 1.29 is 9.59 Å². The maximum absolute atomic E-state index is 12.3. The van der Waals surface area contributed by atoms with Gasteiger partial charge in [0.25, 0.3) is 5.91 Å². The van der Waals surface area contributed by atoms with E-state index >= 15 is 0 Å². The molecule has 0 saturated carbocycles. The van der Waals surface area contributed by atoms with E-state index in [0.717, 1.165) is 16.7 Å². The molecule has 1 heterocycles. The zero-order chi connectivity index (χ0) is 16.7. The summed E-state index contributed by atoms with van der Waals surface area (Å²) in [5.74, 6) is 1.23. The standard InChI is InChI=1S/C16H21N3O2S2/c1-3-19(4-2)15(21)12-6-5-7-13(10-12)18-14(20)11-23-16-17-8-9-22-16/h5-7,10H,3-4,8-9,11H2,1-2H3,(H,18,20). The van der Waals surface area contributed by atoms with Crippen molar-refractivity contribution in [2.24, 2.45) is 4.99 Å². The number of amides is 2. The Morgan fingerprint density at radius 1 is 1.35 bits per heavy atom. The smallest absolute Gasteiger partial charge is 0.253 e. The molecule has 0 fully saturated rings. The van der Waals surface area contributed by atoms with Crippen LogP contribution >= 0.6 is 23.5 Å². The molecule has 0 unspecified atom stereocenters. The molecule has 2 rings (SSSR count). The minimum absolute atomic E-state index is 0.0165. The van der Waals surface area contributed by atoms with Crippen LogP contribution in [0.15, 0.2) is 29.3 Å². The summed E-state index contributed by atoms with van der Waals surface area (Å²) in [6.07, 6.45) is 0. The summed E-state index contributed by atoms with van der Waals surface area (Å²) in [7, 11) is 0. The van der Waals surface area contributed by atoms with Crippen molar-refractivity contribution in [3.05, 3.63) is 29.8 Å². The van der Waals surface area contributed by atoms with Gasteiger partial charge in [-0.05, 0) is 32.0 Å². The van der Waals surface area contributed by atoms with Crippen molar-refractivity contribution in [3.63, 3.8) is 0 Å². The molecule has 0 bridgehead atoms. The van der Waals surface area contributed by atoms with E-state index in [4.69, 9.17) is 0 Å². The lowest BCUT2D eigenvalue weighted by atomic mass is 10.1. The van der Waals surface area contributed by atoms with Gasteiger partial charge in [0.05, 0.1) is 12.3 Å². The van der Waals surface area contributed by atoms with Gasteiger partial charge in [0.2, 0.25) is 5.91 Å². The fraction of sp³-hybridized carbons (Fsp3) is 0.438. The molecule has 1 aliphatic heterocycles. The highest BCUT2D eigenvalue weighted by Gasteiger charge is 2.14. The van der Waals surface area contributed by atoms with E-state index < -0.39 is 0 Å². The van der Waals surface area contributed by atoms with Crippen molar-refractivity contribution >= 4 is 45.4 Å².